The number of rotatable bonds is 1. The summed E-state index contributed by atoms with van der Waals surface area (Å²) in [6, 6.07) is -0.0247. The molecule has 0 aromatic heterocycles. The van der Waals surface area contributed by atoms with E-state index in [4.69, 9.17) is 9.47 Å². The van der Waals surface area contributed by atoms with Gasteiger partial charge in [0.25, 0.3) is 0 Å². The van der Waals surface area contributed by atoms with Crippen LogP contribution in [0.15, 0.2) is 0 Å². The zero-order chi connectivity index (χ0) is 19.6. The lowest BCUT2D eigenvalue weighted by Gasteiger charge is -2.41. The first kappa shape index (κ1) is 19.4. The van der Waals surface area contributed by atoms with Gasteiger partial charge in [0.1, 0.15) is 0 Å². The Balaban J connectivity index is 1.41. The number of nitrogens with zero attached hydrogens (tertiary/aromatic N) is 1. The van der Waals surface area contributed by atoms with Crippen LogP contribution in [0.3, 0.4) is 0 Å². The van der Waals surface area contributed by atoms with Gasteiger partial charge in [0, 0.05) is 30.7 Å². The zero-order valence-electron chi connectivity index (χ0n) is 17.5. The van der Waals surface area contributed by atoms with E-state index in [2.05, 4.69) is 20.8 Å². The summed E-state index contributed by atoms with van der Waals surface area (Å²) in [6.07, 6.45) is 6.78. The maximum absolute atomic E-state index is 12.6. The van der Waals surface area contributed by atoms with E-state index < -0.39 is 5.79 Å². The van der Waals surface area contributed by atoms with Gasteiger partial charge in [0.2, 0.25) is 11.8 Å². The number of fused-ring (bicyclic) bond motifs is 1. The highest BCUT2D eigenvalue weighted by Gasteiger charge is 2.54. The molecule has 0 aromatic carbocycles. The van der Waals surface area contributed by atoms with Crippen LogP contribution in [0.4, 0.5) is 0 Å². The number of hydrogen-bond acceptors (Lipinski definition) is 4. The molecule has 5 nitrogen and oxygen atoms in total. The van der Waals surface area contributed by atoms with Crippen LogP contribution in [0.1, 0.15) is 79.6 Å². The average Bonchev–Trinajstić information content (AvgIpc) is 3.04. The average molecular weight is 378 g/mol. The number of amides is 2. The molecule has 2 saturated carbocycles. The molecular formula is C22H35NO4. The van der Waals surface area contributed by atoms with Crippen LogP contribution in [0.2, 0.25) is 0 Å². The third kappa shape index (κ3) is 3.25. The molecule has 0 N–H and O–H groups in total. The summed E-state index contributed by atoms with van der Waals surface area (Å²) in [6.45, 7) is 10.7. The summed E-state index contributed by atoms with van der Waals surface area (Å²) in [5, 5.41) is 0. The lowest BCUT2D eigenvalue weighted by atomic mass is 9.71. The summed E-state index contributed by atoms with van der Waals surface area (Å²) in [4.78, 5) is 26.7. The fraction of sp³-hybridized carbons (Fsp3) is 0.909. The van der Waals surface area contributed by atoms with E-state index in [0.717, 1.165) is 44.9 Å². The summed E-state index contributed by atoms with van der Waals surface area (Å²) in [7, 11) is 0. The van der Waals surface area contributed by atoms with Gasteiger partial charge in [0.15, 0.2) is 5.79 Å². The van der Waals surface area contributed by atoms with E-state index >= 15 is 0 Å². The molecule has 0 radical (unpaired) electrons. The summed E-state index contributed by atoms with van der Waals surface area (Å²) in [5.41, 5.74) is 0.335. The standard InChI is InChI=1S/C22H35NO4/c1-13-14(2)20(25)23(19(13)24)16-6-7-17-18(12-16)27-22(26-17)10-8-15(9-11-22)21(3,4)5/h13-18H,6-12H2,1-5H3. The molecule has 2 aliphatic heterocycles. The molecular weight excluding hydrogens is 342 g/mol. The molecule has 0 bridgehead atoms. The maximum Gasteiger partial charge on any atom is 0.233 e. The van der Waals surface area contributed by atoms with Crippen LogP contribution in [0, 0.1) is 23.2 Å². The fourth-order valence-corrected chi connectivity index (χ4v) is 5.65. The van der Waals surface area contributed by atoms with Crippen molar-refractivity contribution >= 4 is 11.8 Å². The predicted octanol–water partition coefficient (Wildman–Crippen LogP) is 3.90. The molecule has 2 aliphatic carbocycles. The molecule has 2 heterocycles. The normalized spacial score (nSPS) is 45.6. The van der Waals surface area contributed by atoms with E-state index in [1.165, 1.54) is 0 Å². The molecule has 1 spiro atoms. The number of ether oxygens (including phenoxy) is 2. The van der Waals surface area contributed by atoms with Crippen LogP contribution in [0.25, 0.3) is 0 Å². The fourth-order valence-electron chi connectivity index (χ4n) is 5.65. The Morgan fingerprint density at radius 3 is 2.00 bits per heavy atom. The van der Waals surface area contributed by atoms with Crippen molar-refractivity contribution in [3.8, 4) is 0 Å². The molecule has 27 heavy (non-hydrogen) atoms. The van der Waals surface area contributed by atoms with Crippen molar-refractivity contribution in [2.45, 2.75) is 104 Å². The topological polar surface area (TPSA) is 55.8 Å². The Hall–Kier alpha value is -0.940. The van der Waals surface area contributed by atoms with E-state index in [1.807, 2.05) is 13.8 Å². The summed E-state index contributed by atoms with van der Waals surface area (Å²) >= 11 is 0. The van der Waals surface area contributed by atoms with Crippen LogP contribution in [0.5, 0.6) is 0 Å². The molecule has 152 valence electrons. The molecule has 0 aromatic rings. The monoisotopic (exact) mass is 377 g/mol. The van der Waals surface area contributed by atoms with Crippen LogP contribution in [-0.4, -0.2) is 40.8 Å². The lowest BCUT2D eigenvalue weighted by Crippen LogP contribution is -2.47. The Morgan fingerprint density at radius 1 is 0.889 bits per heavy atom. The minimum atomic E-state index is -0.425. The second-order valence-corrected chi connectivity index (χ2v) is 10.5. The van der Waals surface area contributed by atoms with Crippen molar-refractivity contribution in [1.29, 1.82) is 0 Å². The number of carbonyl (C=O) groups is 2. The highest BCUT2D eigenvalue weighted by atomic mass is 16.8. The molecule has 4 fully saturated rings. The highest BCUT2D eigenvalue weighted by Crippen LogP contribution is 2.49. The SMILES string of the molecule is CC1C(=O)N(C2CCC3OC4(CCC(C(C)(C)C)CC4)OC3C2)C(=O)C1C. The van der Waals surface area contributed by atoms with Crippen molar-refractivity contribution < 1.29 is 19.1 Å². The smallest absolute Gasteiger partial charge is 0.233 e. The van der Waals surface area contributed by atoms with Gasteiger partial charge in [-0.15, -0.1) is 0 Å². The Labute approximate surface area is 163 Å². The van der Waals surface area contributed by atoms with Crippen LogP contribution in [-0.2, 0) is 19.1 Å². The van der Waals surface area contributed by atoms with Gasteiger partial charge in [0.05, 0.1) is 12.2 Å². The van der Waals surface area contributed by atoms with Crippen LogP contribution < -0.4 is 0 Å². The van der Waals surface area contributed by atoms with Crippen molar-refractivity contribution in [2.75, 3.05) is 0 Å². The Morgan fingerprint density at radius 2 is 1.44 bits per heavy atom. The first-order valence-corrected chi connectivity index (χ1v) is 10.8. The molecule has 5 heteroatoms. The molecule has 2 amide bonds. The van der Waals surface area contributed by atoms with Gasteiger partial charge < -0.3 is 9.47 Å². The minimum absolute atomic E-state index is 0.00439. The predicted molar refractivity (Wildman–Crippen MR) is 102 cm³/mol. The Bertz CT molecular complexity index is 596. The second-order valence-electron chi connectivity index (χ2n) is 10.5. The van der Waals surface area contributed by atoms with E-state index in [-0.39, 0.29) is 41.9 Å². The maximum atomic E-state index is 12.6. The number of carbonyl (C=O) groups excluding carboxylic acids is 2. The zero-order valence-corrected chi connectivity index (χ0v) is 17.5. The van der Waals surface area contributed by atoms with Crippen molar-refractivity contribution in [3.63, 3.8) is 0 Å². The largest absolute Gasteiger partial charge is 0.344 e. The quantitative estimate of drug-likeness (QED) is 0.651. The third-order valence-corrected chi connectivity index (χ3v) is 7.78. The molecule has 2 saturated heterocycles. The van der Waals surface area contributed by atoms with Gasteiger partial charge >= 0.3 is 0 Å². The first-order chi connectivity index (χ1) is 12.6. The molecule has 4 aliphatic rings. The Kier molecular flexibility index (Phi) is 4.70. The number of imide groups is 1. The van der Waals surface area contributed by atoms with E-state index in [9.17, 15) is 9.59 Å². The minimum Gasteiger partial charge on any atom is -0.344 e. The summed E-state index contributed by atoms with van der Waals surface area (Å²) in [5.74, 6) is -0.116. The highest BCUT2D eigenvalue weighted by molar-refractivity contribution is 6.05. The van der Waals surface area contributed by atoms with Crippen LogP contribution >= 0.6 is 0 Å². The van der Waals surface area contributed by atoms with E-state index in [0.29, 0.717) is 11.3 Å². The van der Waals surface area contributed by atoms with Gasteiger partial charge in [-0.1, -0.05) is 34.6 Å². The van der Waals surface area contributed by atoms with Gasteiger partial charge in [-0.25, -0.2) is 0 Å². The molecule has 5 atom stereocenters. The van der Waals surface area contributed by atoms with Crippen molar-refractivity contribution in [1.82, 2.24) is 4.90 Å². The number of hydrogen-bond donors (Lipinski definition) is 0. The van der Waals surface area contributed by atoms with Gasteiger partial charge in [-0.05, 0) is 43.4 Å². The van der Waals surface area contributed by atoms with Gasteiger partial charge in [-0.3, -0.25) is 14.5 Å². The summed E-state index contributed by atoms with van der Waals surface area (Å²) < 4.78 is 12.9. The van der Waals surface area contributed by atoms with Crippen molar-refractivity contribution in [2.24, 2.45) is 23.2 Å². The lowest BCUT2D eigenvalue weighted by molar-refractivity contribution is -0.202. The molecule has 5 unspecified atom stereocenters. The second kappa shape index (κ2) is 6.55. The number of likely N-dealkylation sites (tertiary alicyclic amines) is 1. The van der Waals surface area contributed by atoms with E-state index in [1.54, 1.807) is 4.90 Å². The third-order valence-electron chi connectivity index (χ3n) is 7.78. The van der Waals surface area contributed by atoms with Gasteiger partial charge in [-0.2, -0.15) is 0 Å². The van der Waals surface area contributed by atoms with Crippen molar-refractivity contribution in [3.05, 3.63) is 0 Å². The first-order valence-electron chi connectivity index (χ1n) is 10.8. The molecule has 4 rings (SSSR count).